The number of esters is 1. The maximum atomic E-state index is 13.3. The number of carbonyl (C=O) groups excluding carboxylic acids is 2. The Morgan fingerprint density at radius 3 is 1.43 bits per heavy atom. The van der Waals surface area contributed by atoms with Crippen molar-refractivity contribution in [1.82, 2.24) is 5.32 Å². The van der Waals surface area contributed by atoms with Gasteiger partial charge in [-0.25, -0.2) is 0 Å². The summed E-state index contributed by atoms with van der Waals surface area (Å²) in [6.45, 7) is 5.59. The highest BCUT2D eigenvalue weighted by Crippen LogP contribution is 2.26. The van der Waals surface area contributed by atoms with E-state index in [1.807, 2.05) is 60.8 Å². The molecule has 0 saturated carbocycles. The van der Waals surface area contributed by atoms with E-state index in [9.17, 15) is 35.1 Å². The predicted molar refractivity (Wildman–Crippen MR) is 315 cm³/mol. The third kappa shape index (κ3) is 40.1. The molecular weight excluding hydrogens is 955 g/mol. The molecule has 1 saturated heterocycles. The number of hydrogen-bond acceptors (Lipinski definition) is 10. The Morgan fingerprint density at radius 1 is 0.526 bits per heavy atom. The number of ether oxygens (including phenoxy) is 3. The largest absolute Gasteiger partial charge is 0.454 e. The molecular formula is C65H113NO10. The minimum atomic E-state index is -1.63. The fourth-order valence-corrected chi connectivity index (χ4v) is 9.26. The van der Waals surface area contributed by atoms with Crippen LogP contribution in [0.15, 0.2) is 85.1 Å². The van der Waals surface area contributed by atoms with Crippen LogP contribution in [0, 0.1) is 0 Å². The summed E-state index contributed by atoms with van der Waals surface area (Å²) in [6.07, 6.45) is 58.0. The molecule has 1 aliphatic heterocycles. The van der Waals surface area contributed by atoms with Crippen molar-refractivity contribution in [2.75, 3.05) is 13.2 Å². The van der Waals surface area contributed by atoms with Gasteiger partial charge in [0.15, 0.2) is 12.4 Å². The summed E-state index contributed by atoms with van der Waals surface area (Å²) in [5.74, 6) is -1.27. The summed E-state index contributed by atoms with van der Waals surface area (Å²) in [5.41, 5.74) is 0. The van der Waals surface area contributed by atoms with E-state index >= 15 is 0 Å². The molecule has 0 aromatic heterocycles. The zero-order valence-corrected chi connectivity index (χ0v) is 48.3. The molecule has 1 rings (SSSR count). The van der Waals surface area contributed by atoms with E-state index < -0.39 is 67.4 Å². The van der Waals surface area contributed by atoms with Crippen LogP contribution in [0.2, 0.25) is 0 Å². The molecule has 0 aromatic carbocycles. The van der Waals surface area contributed by atoms with Gasteiger partial charge in [-0.3, -0.25) is 9.59 Å². The first kappa shape index (κ1) is 70.9. The maximum Gasteiger partial charge on any atom is 0.306 e. The van der Waals surface area contributed by atoms with Crippen LogP contribution in [0.25, 0.3) is 0 Å². The quantitative estimate of drug-likeness (QED) is 0.0149. The molecule has 11 heteroatoms. The Hall–Kier alpha value is -3.16. The van der Waals surface area contributed by atoms with Crippen molar-refractivity contribution in [3.8, 4) is 0 Å². The van der Waals surface area contributed by atoms with Gasteiger partial charge in [0.25, 0.3) is 0 Å². The van der Waals surface area contributed by atoms with Gasteiger partial charge in [-0.05, 0) is 64.2 Å². The van der Waals surface area contributed by atoms with Gasteiger partial charge in [-0.15, -0.1) is 0 Å². The molecule has 1 amide bonds. The van der Waals surface area contributed by atoms with E-state index in [1.54, 1.807) is 6.08 Å². The summed E-state index contributed by atoms with van der Waals surface area (Å²) in [4.78, 5) is 26.5. The van der Waals surface area contributed by atoms with E-state index in [-0.39, 0.29) is 19.4 Å². The fourth-order valence-electron chi connectivity index (χ4n) is 9.26. The highest BCUT2D eigenvalue weighted by atomic mass is 16.7. The fraction of sp³-hybridized carbons (Fsp3) is 0.754. The lowest BCUT2D eigenvalue weighted by atomic mass is 9.99. The molecule has 1 heterocycles. The molecule has 11 nitrogen and oxygen atoms in total. The van der Waals surface area contributed by atoms with Gasteiger partial charge in [0, 0.05) is 6.42 Å². The van der Waals surface area contributed by atoms with Gasteiger partial charge in [0.1, 0.15) is 24.4 Å². The topological polar surface area (TPSA) is 175 Å². The standard InChI is InChI=1S/C65H113NO10/c1-4-7-10-13-16-19-22-25-26-27-28-29-30-31-32-33-34-35-38-41-44-47-50-53-60(70)76-63-62(72)61(71)59(54-67)75-65(63)74-55-56(57(68)51-48-45-42-39-36-23-20-17-14-11-8-5-2)66-64(73)58(69)52-49-46-43-40-37-24-21-18-15-12-9-6-3/h9,12,15,18,21,24-26,37,40,43,46,48,51,56-59,61-63,65,67-69,71-72H,4-8,10-11,13-14,16-17,19-20,22-23,27-36,38-39,41-42,44-45,47,49-50,52-55H2,1-3H3,(H,66,73)/b12-9+,18-15+,24-21-,26-25+,40-37-,46-43+,51-48+. The molecule has 0 bridgehead atoms. The predicted octanol–water partition coefficient (Wildman–Crippen LogP) is 14.6. The Kier molecular flexibility index (Phi) is 49.0. The number of amides is 1. The molecule has 8 unspecified atom stereocenters. The molecule has 0 aromatic rings. The number of rotatable bonds is 51. The number of unbranched alkanes of at least 4 members (excludes halogenated alkanes) is 29. The molecule has 76 heavy (non-hydrogen) atoms. The zero-order valence-electron chi connectivity index (χ0n) is 48.3. The zero-order chi connectivity index (χ0) is 55.4. The summed E-state index contributed by atoms with van der Waals surface area (Å²) in [6, 6.07) is -1.06. The van der Waals surface area contributed by atoms with E-state index in [2.05, 4.69) is 44.3 Å². The lowest BCUT2D eigenvalue weighted by molar-refractivity contribution is -0.305. The van der Waals surface area contributed by atoms with Gasteiger partial charge in [-0.2, -0.15) is 0 Å². The van der Waals surface area contributed by atoms with Gasteiger partial charge in [-0.1, -0.05) is 266 Å². The van der Waals surface area contributed by atoms with Crippen molar-refractivity contribution in [2.45, 2.75) is 301 Å². The van der Waals surface area contributed by atoms with Crippen LogP contribution < -0.4 is 5.32 Å². The molecule has 1 aliphatic rings. The van der Waals surface area contributed by atoms with Crippen LogP contribution in [0.1, 0.15) is 252 Å². The molecule has 6 N–H and O–H groups in total. The van der Waals surface area contributed by atoms with E-state index in [4.69, 9.17) is 14.2 Å². The van der Waals surface area contributed by atoms with Crippen molar-refractivity contribution in [3.05, 3.63) is 85.1 Å². The summed E-state index contributed by atoms with van der Waals surface area (Å²) >= 11 is 0. The van der Waals surface area contributed by atoms with Crippen molar-refractivity contribution < 1.29 is 49.3 Å². The number of aliphatic hydroxyl groups excluding tert-OH is 5. The average molecular weight is 1070 g/mol. The number of aliphatic hydroxyl groups is 5. The van der Waals surface area contributed by atoms with Crippen LogP contribution in [-0.2, 0) is 23.8 Å². The number of hydrogen-bond donors (Lipinski definition) is 6. The average Bonchev–Trinajstić information content (AvgIpc) is 3.42. The van der Waals surface area contributed by atoms with Gasteiger partial charge < -0.3 is 45.1 Å². The first-order valence-electron chi connectivity index (χ1n) is 30.9. The monoisotopic (exact) mass is 1070 g/mol. The SMILES string of the molecule is CC/C=C/C=C/C=C\C=C/C=C/CCC(O)C(=O)NC(COC1OC(CO)C(O)C(O)C1OC(=O)CCCCCCCCCCCCCCC/C=C/CCCCCCCC)C(O)/C=C/CCCCCCCCCCCC. The molecule has 1 fully saturated rings. The van der Waals surface area contributed by atoms with E-state index in [1.165, 1.54) is 154 Å². The summed E-state index contributed by atoms with van der Waals surface area (Å²) in [7, 11) is 0. The Labute approximate surface area is 463 Å². The van der Waals surface area contributed by atoms with Gasteiger partial charge in [0.2, 0.25) is 5.91 Å². The minimum absolute atomic E-state index is 0.112. The van der Waals surface area contributed by atoms with Crippen LogP contribution in [0.5, 0.6) is 0 Å². The molecule has 8 atom stereocenters. The third-order valence-corrected chi connectivity index (χ3v) is 14.2. The lowest BCUT2D eigenvalue weighted by Crippen LogP contribution is -2.61. The number of nitrogens with one attached hydrogen (secondary N) is 1. The van der Waals surface area contributed by atoms with Gasteiger partial charge in [0.05, 0.1) is 25.4 Å². The second-order valence-electron chi connectivity index (χ2n) is 21.2. The smallest absolute Gasteiger partial charge is 0.306 e. The third-order valence-electron chi connectivity index (χ3n) is 14.2. The normalized spacial score (nSPS) is 19.7. The highest BCUT2D eigenvalue weighted by Gasteiger charge is 2.47. The van der Waals surface area contributed by atoms with Crippen LogP contribution in [0.3, 0.4) is 0 Å². The molecule has 438 valence electrons. The number of allylic oxidation sites excluding steroid dienone is 13. The Morgan fingerprint density at radius 2 is 0.961 bits per heavy atom. The van der Waals surface area contributed by atoms with Crippen LogP contribution in [0.4, 0.5) is 0 Å². The second-order valence-corrected chi connectivity index (χ2v) is 21.2. The molecule has 0 spiro atoms. The van der Waals surface area contributed by atoms with Crippen molar-refractivity contribution in [1.29, 1.82) is 0 Å². The Bertz CT molecular complexity index is 1560. The highest BCUT2D eigenvalue weighted by molar-refractivity contribution is 5.80. The lowest BCUT2D eigenvalue weighted by Gasteiger charge is -2.41. The minimum Gasteiger partial charge on any atom is -0.454 e. The van der Waals surface area contributed by atoms with E-state index in [0.29, 0.717) is 12.8 Å². The second kappa shape index (κ2) is 52.5. The Balaban J connectivity index is 2.64. The molecule has 0 aliphatic carbocycles. The van der Waals surface area contributed by atoms with E-state index in [0.717, 1.165) is 51.4 Å². The van der Waals surface area contributed by atoms with Crippen molar-refractivity contribution in [3.63, 3.8) is 0 Å². The number of carbonyl (C=O) groups is 2. The van der Waals surface area contributed by atoms with Gasteiger partial charge >= 0.3 is 5.97 Å². The first-order valence-corrected chi connectivity index (χ1v) is 30.9. The summed E-state index contributed by atoms with van der Waals surface area (Å²) in [5, 5.41) is 56.8. The van der Waals surface area contributed by atoms with Crippen molar-refractivity contribution >= 4 is 11.9 Å². The molecule has 0 radical (unpaired) electrons. The first-order chi connectivity index (χ1) is 37.2. The van der Waals surface area contributed by atoms with Crippen LogP contribution in [-0.4, -0.2) is 99.6 Å². The van der Waals surface area contributed by atoms with Crippen molar-refractivity contribution in [2.24, 2.45) is 0 Å². The summed E-state index contributed by atoms with van der Waals surface area (Å²) < 4.78 is 17.6. The van der Waals surface area contributed by atoms with Crippen LogP contribution >= 0.6 is 0 Å². The maximum absolute atomic E-state index is 13.3.